The predicted octanol–water partition coefficient (Wildman–Crippen LogP) is 3.78. The molecule has 3 heterocycles. The predicted molar refractivity (Wildman–Crippen MR) is 110 cm³/mol. The smallest absolute Gasteiger partial charge is 0.291 e. The number of oxazole rings is 1. The molecule has 2 amide bonds. The van der Waals surface area contributed by atoms with Gasteiger partial charge in [-0.2, -0.15) is 0 Å². The number of likely N-dealkylation sites (tertiary alicyclic amines) is 1. The van der Waals surface area contributed by atoms with Gasteiger partial charge in [0.05, 0.1) is 20.9 Å². The number of nitrogens with zero attached hydrogens (tertiary/aromatic N) is 3. The lowest BCUT2D eigenvalue weighted by Gasteiger charge is -2.32. The number of fused-ring (bicyclic) bond motifs is 1. The Labute approximate surface area is 172 Å². The lowest BCUT2D eigenvalue weighted by atomic mass is 9.90. The normalized spacial score (nSPS) is 20.2. The van der Waals surface area contributed by atoms with Crippen LogP contribution in [0.4, 0.5) is 5.69 Å². The van der Waals surface area contributed by atoms with Crippen molar-refractivity contribution in [2.24, 2.45) is 11.3 Å². The van der Waals surface area contributed by atoms with Gasteiger partial charge in [-0.3, -0.25) is 9.59 Å². The maximum absolute atomic E-state index is 12.8. The molecule has 1 aromatic carbocycles. The fourth-order valence-corrected chi connectivity index (χ4v) is 5.23. The first-order valence-corrected chi connectivity index (χ1v) is 10.6. The lowest BCUT2D eigenvalue weighted by molar-refractivity contribution is -0.118. The lowest BCUT2D eigenvalue weighted by Crippen LogP contribution is -2.40. The minimum absolute atomic E-state index is 0.0136. The summed E-state index contributed by atoms with van der Waals surface area (Å²) in [6.07, 6.45) is 3.88. The highest BCUT2D eigenvalue weighted by atomic mass is 32.1. The van der Waals surface area contributed by atoms with Crippen molar-refractivity contribution in [3.8, 4) is 0 Å². The number of thiazole rings is 1. The van der Waals surface area contributed by atoms with Crippen LogP contribution in [0, 0.1) is 25.2 Å². The van der Waals surface area contributed by atoms with Crippen molar-refractivity contribution in [1.82, 2.24) is 14.9 Å². The van der Waals surface area contributed by atoms with E-state index in [1.54, 1.807) is 18.3 Å². The Balaban J connectivity index is 1.20. The van der Waals surface area contributed by atoms with Gasteiger partial charge in [0.2, 0.25) is 11.7 Å². The fourth-order valence-electron chi connectivity index (χ4n) is 4.43. The zero-order valence-electron chi connectivity index (χ0n) is 16.4. The molecule has 5 rings (SSSR count). The van der Waals surface area contributed by atoms with E-state index in [1.807, 2.05) is 30.0 Å². The molecule has 2 aliphatic rings. The average Bonchev–Trinajstić information content (AvgIpc) is 3.02. The van der Waals surface area contributed by atoms with E-state index >= 15 is 0 Å². The van der Waals surface area contributed by atoms with Gasteiger partial charge in [-0.1, -0.05) is 0 Å². The molecule has 2 aromatic heterocycles. The number of hydrogen-bond acceptors (Lipinski definition) is 6. The summed E-state index contributed by atoms with van der Waals surface area (Å²) < 4.78 is 6.36. The summed E-state index contributed by atoms with van der Waals surface area (Å²) in [4.78, 5) is 35.7. The van der Waals surface area contributed by atoms with Gasteiger partial charge < -0.3 is 14.6 Å². The van der Waals surface area contributed by atoms with Crippen LogP contribution in [0.1, 0.15) is 40.5 Å². The number of benzene rings is 1. The second-order valence-corrected chi connectivity index (χ2v) is 9.32. The molecular formula is C21H22N4O3S. The molecule has 29 heavy (non-hydrogen) atoms. The van der Waals surface area contributed by atoms with Crippen molar-refractivity contribution in [3.05, 3.63) is 41.1 Å². The van der Waals surface area contributed by atoms with E-state index in [1.165, 1.54) is 6.39 Å². The average molecular weight is 410 g/mol. The van der Waals surface area contributed by atoms with Crippen LogP contribution >= 0.6 is 11.3 Å². The number of aryl methyl sites for hydroxylation is 2. The minimum atomic E-state index is -0.108. The van der Waals surface area contributed by atoms with E-state index in [2.05, 4.69) is 15.3 Å². The van der Waals surface area contributed by atoms with Crippen LogP contribution in [-0.2, 0) is 4.79 Å². The Hall–Kier alpha value is -2.74. The van der Waals surface area contributed by atoms with E-state index < -0.39 is 0 Å². The Kier molecular flexibility index (Phi) is 4.20. The molecule has 1 saturated carbocycles. The first kappa shape index (κ1) is 18.3. The Morgan fingerprint density at radius 2 is 2.07 bits per heavy atom. The van der Waals surface area contributed by atoms with Crippen molar-refractivity contribution in [2.75, 3.05) is 18.4 Å². The van der Waals surface area contributed by atoms with Gasteiger partial charge in [0.1, 0.15) is 0 Å². The molecule has 1 unspecified atom stereocenters. The summed E-state index contributed by atoms with van der Waals surface area (Å²) in [7, 11) is 0. The van der Waals surface area contributed by atoms with Crippen molar-refractivity contribution in [1.29, 1.82) is 0 Å². The molecular weight excluding hydrogens is 388 g/mol. The molecule has 1 aliphatic carbocycles. The molecule has 1 saturated heterocycles. The van der Waals surface area contributed by atoms with Gasteiger partial charge in [0.25, 0.3) is 5.91 Å². The van der Waals surface area contributed by atoms with Crippen LogP contribution < -0.4 is 5.32 Å². The molecule has 1 atom stereocenters. The van der Waals surface area contributed by atoms with Crippen LogP contribution in [0.15, 0.2) is 29.0 Å². The first-order valence-electron chi connectivity index (χ1n) is 9.83. The minimum Gasteiger partial charge on any atom is -0.438 e. The third kappa shape index (κ3) is 3.21. The standard InChI is InChI=1S/C21H22N4O3S/c1-12-18(28-11-22-12)20(27)25-7-5-21(6-8-25)10-15(21)19(26)24-14-3-4-17-16(9-14)23-13(2)29-17/h3-4,9,11,15H,5-8,10H2,1-2H3,(H,24,26). The highest BCUT2D eigenvalue weighted by Crippen LogP contribution is 2.59. The molecule has 1 N–H and O–H groups in total. The van der Waals surface area contributed by atoms with Gasteiger partial charge in [-0.05, 0) is 56.7 Å². The van der Waals surface area contributed by atoms with Crippen molar-refractivity contribution in [2.45, 2.75) is 33.1 Å². The number of anilines is 1. The third-order valence-electron chi connectivity index (χ3n) is 6.25. The summed E-state index contributed by atoms with van der Waals surface area (Å²) in [5, 5.41) is 4.08. The second kappa shape index (κ2) is 6.66. The van der Waals surface area contributed by atoms with Crippen LogP contribution in [0.25, 0.3) is 10.2 Å². The highest BCUT2D eigenvalue weighted by molar-refractivity contribution is 7.18. The molecule has 3 aromatic rings. The molecule has 8 heteroatoms. The number of carbonyl (C=O) groups is 2. The highest BCUT2D eigenvalue weighted by Gasteiger charge is 2.58. The molecule has 0 radical (unpaired) electrons. The summed E-state index contributed by atoms with van der Waals surface area (Å²) >= 11 is 1.65. The molecule has 1 aliphatic heterocycles. The van der Waals surface area contributed by atoms with Crippen LogP contribution in [-0.4, -0.2) is 39.8 Å². The molecule has 150 valence electrons. The maximum Gasteiger partial charge on any atom is 0.291 e. The zero-order valence-corrected chi connectivity index (χ0v) is 17.2. The molecule has 7 nitrogen and oxygen atoms in total. The Bertz CT molecular complexity index is 1110. The van der Waals surface area contributed by atoms with Gasteiger partial charge in [0, 0.05) is 24.7 Å². The number of hydrogen-bond donors (Lipinski definition) is 1. The van der Waals surface area contributed by atoms with Gasteiger partial charge in [-0.25, -0.2) is 9.97 Å². The summed E-state index contributed by atoms with van der Waals surface area (Å²) in [5.74, 6) is 0.295. The number of rotatable bonds is 3. The van der Waals surface area contributed by atoms with Gasteiger partial charge >= 0.3 is 0 Å². The second-order valence-electron chi connectivity index (χ2n) is 8.08. The van der Waals surface area contributed by atoms with E-state index in [-0.39, 0.29) is 23.1 Å². The van der Waals surface area contributed by atoms with Gasteiger partial charge in [0.15, 0.2) is 6.39 Å². The number of carbonyl (C=O) groups excluding carboxylic acids is 2. The topological polar surface area (TPSA) is 88.3 Å². The van der Waals surface area contributed by atoms with Crippen LogP contribution in [0.5, 0.6) is 0 Å². The monoisotopic (exact) mass is 410 g/mol. The van der Waals surface area contributed by atoms with E-state index in [4.69, 9.17) is 4.42 Å². The van der Waals surface area contributed by atoms with E-state index in [0.29, 0.717) is 24.5 Å². The number of aromatic nitrogens is 2. The quantitative estimate of drug-likeness (QED) is 0.710. The SMILES string of the molecule is Cc1nc2cc(NC(=O)C3CC34CCN(C(=O)c3ocnc3C)CC4)ccc2s1. The number of amides is 2. The zero-order chi connectivity index (χ0) is 20.2. The summed E-state index contributed by atoms with van der Waals surface area (Å²) in [6, 6.07) is 5.88. The van der Waals surface area contributed by atoms with Crippen molar-refractivity contribution >= 4 is 39.1 Å². The van der Waals surface area contributed by atoms with Crippen molar-refractivity contribution < 1.29 is 14.0 Å². The van der Waals surface area contributed by atoms with E-state index in [9.17, 15) is 9.59 Å². The van der Waals surface area contributed by atoms with Crippen LogP contribution in [0.2, 0.25) is 0 Å². The summed E-state index contributed by atoms with van der Waals surface area (Å²) in [6.45, 7) is 5.05. The van der Waals surface area contributed by atoms with Crippen molar-refractivity contribution in [3.63, 3.8) is 0 Å². The number of nitrogens with one attached hydrogen (secondary N) is 1. The molecule has 0 bridgehead atoms. The third-order valence-corrected chi connectivity index (χ3v) is 7.21. The molecule has 1 spiro atoms. The Morgan fingerprint density at radius 1 is 1.28 bits per heavy atom. The maximum atomic E-state index is 12.8. The largest absolute Gasteiger partial charge is 0.438 e. The van der Waals surface area contributed by atoms with Gasteiger partial charge in [-0.15, -0.1) is 11.3 Å². The molecule has 2 fully saturated rings. The number of piperidine rings is 1. The van der Waals surface area contributed by atoms with Crippen LogP contribution in [0.3, 0.4) is 0 Å². The first-order chi connectivity index (χ1) is 13.9. The van der Waals surface area contributed by atoms with E-state index in [0.717, 1.165) is 40.2 Å². The summed E-state index contributed by atoms with van der Waals surface area (Å²) in [5.41, 5.74) is 2.36. The fraction of sp³-hybridized carbons (Fsp3) is 0.429. The Morgan fingerprint density at radius 3 is 2.79 bits per heavy atom.